The predicted molar refractivity (Wildman–Crippen MR) is 102 cm³/mol. The Bertz CT molecular complexity index is 802. The van der Waals surface area contributed by atoms with E-state index in [9.17, 15) is 18.0 Å². The minimum atomic E-state index is -4.37. The summed E-state index contributed by atoms with van der Waals surface area (Å²) in [4.78, 5) is 15.5. The highest BCUT2D eigenvalue weighted by Gasteiger charge is 2.40. The molecule has 2 aromatic carbocycles. The number of ketones is 1. The number of fused-ring (bicyclic) bond motifs is 2. The van der Waals surface area contributed by atoms with Crippen LogP contribution < -0.4 is 0 Å². The zero-order valence-electron chi connectivity index (χ0n) is 15.7. The van der Waals surface area contributed by atoms with Crippen molar-refractivity contribution in [3.8, 4) is 0 Å². The maximum atomic E-state index is 13.0. The normalized spacial score (nSPS) is 25.5. The SMILES string of the molecule is O=C(c1ccc(C(F)(F)F)cc1)C1CC2CCCC(C1)N2Cc1ccccc1. The average Bonchev–Trinajstić information content (AvgIpc) is 2.67. The number of Topliss-reactive ketones (excluding diaryl/α,β-unsaturated/α-hetero) is 1. The van der Waals surface area contributed by atoms with Crippen LogP contribution >= 0.6 is 0 Å². The van der Waals surface area contributed by atoms with Crippen molar-refractivity contribution >= 4 is 5.78 Å². The van der Waals surface area contributed by atoms with E-state index in [1.807, 2.05) is 18.2 Å². The lowest BCUT2D eigenvalue weighted by Gasteiger charge is -2.48. The number of hydrogen-bond acceptors (Lipinski definition) is 2. The lowest BCUT2D eigenvalue weighted by atomic mass is 9.75. The van der Waals surface area contributed by atoms with Crippen LogP contribution in [-0.4, -0.2) is 22.8 Å². The van der Waals surface area contributed by atoms with E-state index >= 15 is 0 Å². The molecule has 2 saturated heterocycles. The lowest BCUT2D eigenvalue weighted by molar-refractivity contribution is -0.137. The first kappa shape index (κ1) is 19.2. The van der Waals surface area contributed by atoms with E-state index in [0.29, 0.717) is 17.6 Å². The Balaban J connectivity index is 1.47. The van der Waals surface area contributed by atoms with E-state index < -0.39 is 11.7 Å². The van der Waals surface area contributed by atoms with Gasteiger partial charge in [0.05, 0.1) is 5.56 Å². The maximum absolute atomic E-state index is 13.0. The van der Waals surface area contributed by atoms with Gasteiger partial charge in [0.25, 0.3) is 0 Å². The Morgan fingerprint density at radius 1 is 0.929 bits per heavy atom. The van der Waals surface area contributed by atoms with Crippen molar-refractivity contribution in [1.82, 2.24) is 4.90 Å². The smallest absolute Gasteiger partial charge is 0.294 e. The molecule has 2 bridgehead atoms. The molecule has 0 saturated carbocycles. The van der Waals surface area contributed by atoms with Crippen LogP contribution in [0.15, 0.2) is 54.6 Å². The predicted octanol–water partition coefficient (Wildman–Crippen LogP) is 5.72. The van der Waals surface area contributed by atoms with Crippen molar-refractivity contribution in [3.05, 3.63) is 71.3 Å². The second kappa shape index (κ2) is 7.70. The largest absolute Gasteiger partial charge is 0.416 e. The Morgan fingerprint density at radius 2 is 1.54 bits per heavy atom. The first-order valence-electron chi connectivity index (χ1n) is 9.93. The number of hydrogen-bond donors (Lipinski definition) is 0. The molecule has 2 unspecified atom stereocenters. The van der Waals surface area contributed by atoms with E-state index in [0.717, 1.165) is 44.4 Å². The van der Waals surface area contributed by atoms with Gasteiger partial charge in [-0.15, -0.1) is 0 Å². The van der Waals surface area contributed by atoms with Gasteiger partial charge < -0.3 is 0 Å². The molecule has 0 spiro atoms. The second-order valence-corrected chi connectivity index (χ2v) is 8.00. The molecule has 0 aromatic heterocycles. The molecule has 5 heteroatoms. The molecular formula is C23H24F3NO. The van der Waals surface area contributed by atoms with Gasteiger partial charge in [-0.3, -0.25) is 9.69 Å². The summed E-state index contributed by atoms with van der Waals surface area (Å²) in [7, 11) is 0. The van der Waals surface area contributed by atoms with Gasteiger partial charge in [-0.1, -0.05) is 48.9 Å². The average molecular weight is 387 g/mol. The number of carbonyl (C=O) groups excluding carboxylic acids is 1. The van der Waals surface area contributed by atoms with Crippen molar-refractivity contribution in [2.75, 3.05) is 0 Å². The van der Waals surface area contributed by atoms with Crippen LogP contribution in [-0.2, 0) is 12.7 Å². The number of carbonyl (C=O) groups is 1. The second-order valence-electron chi connectivity index (χ2n) is 8.00. The van der Waals surface area contributed by atoms with Crippen LogP contribution in [0, 0.1) is 5.92 Å². The summed E-state index contributed by atoms with van der Waals surface area (Å²) in [6.07, 6.45) is 0.565. The number of benzene rings is 2. The summed E-state index contributed by atoms with van der Waals surface area (Å²) < 4.78 is 38.3. The molecule has 0 amide bonds. The molecule has 28 heavy (non-hydrogen) atoms. The summed E-state index contributed by atoms with van der Waals surface area (Å²) in [6.45, 7) is 0.900. The van der Waals surface area contributed by atoms with E-state index in [4.69, 9.17) is 0 Å². The third-order valence-electron chi connectivity index (χ3n) is 6.20. The molecule has 2 nitrogen and oxygen atoms in total. The molecule has 2 aromatic rings. The third-order valence-corrected chi connectivity index (χ3v) is 6.20. The third kappa shape index (κ3) is 4.00. The van der Waals surface area contributed by atoms with Gasteiger partial charge in [-0.25, -0.2) is 0 Å². The quantitative estimate of drug-likeness (QED) is 0.625. The van der Waals surface area contributed by atoms with E-state index in [1.165, 1.54) is 24.1 Å². The van der Waals surface area contributed by atoms with E-state index in [-0.39, 0.29) is 11.7 Å². The molecule has 4 rings (SSSR count). The highest BCUT2D eigenvalue weighted by molar-refractivity contribution is 5.98. The maximum Gasteiger partial charge on any atom is 0.416 e. The lowest BCUT2D eigenvalue weighted by Crippen LogP contribution is -2.52. The first-order valence-corrected chi connectivity index (χ1v) is 9.93. The molecule has 0 aliphatic carbocycles. The van der Waals surface area contributed by atoms with Gasteiger partial charge in [-0.2, -0.15) is 13.2 Å². The van der Waals surface area contributed by atoms with Crippen LogP contribution in [0.2, 0.25) is 0 Å². The molecule has 0 N–H and O–H groups in total. The highest BCUT2D eigenvalue weighted by Crippen LogP contribution is 2.39. The monoisotopic (exact) mass is 387 g/mol. The number of rotatable bonds is 4. The van der Waals surface area contributed by atoms with Crippen molar-refractivity contribution < 1.29 is 18.0 Å². The number of nitrogens with zero attached hydrogens (tertiary/aromatic N) is 1. The molecule has 2 heterocycles. The summed E-state index contributed by atoms with van der Waals surface area (Å²) in [5.74, 6) is -0.107. The van der Waals surface area contributed by atoms with Crippen molar-refractivity contribution in [2.24, 2.45) is 5.92 Å². The molecule has 2 aliphatic rings. The van der Waals surface area contributed by atoms with Crippen LogP contribution in [0.25, 0.3) is 0 Å². The van der Waals surface area contributed by atoms with Crippen molar-refractivity contribution in [1.29, 1.82) is 0 Å². The van der Waals surface area contributed by atoms with Gasteiger partial charge >= 0.3 is 6.18 Å². The molecule has 2 atom stereocenters. The molecule has 2 aliphatic heterocycles. The van der Waals surface area contributed by atoms with Crippen molar-refractivity contribution in [3.63, 3.8) is 0 Å². The highest BCUT2D eigenvalue weighted by atomic mass is 19.4. The fraction of sp³-hybridized carbons (Fsp3) is 0.435. The first-order chi connectivity index (χ1) is 13.4. The van der Waals surface area contributed by atoms with Gasteiger partial charge in [0.15, 0.2) is 5.78 Å². The molecule has 2 fully saturated rings. The van der Waals surface area contributed by atoms with Crippen LogP contribution in [0.5, 0.6) is 0 Å². The minimum Gasteiger partial charge on any atom is -0.294 e. The number of alkyl halides is 3. The van der Waals surface area contributed by atoms with Gasteiger partial charge in [-0.05, 0) is 43.4 Å². The Hall–Kier alpha value is -2.14. The summed E-state index contributed by atoms with van der Waals surface area (Å²) >= 11 is 0. The standard InChI is InChI=1S/C23H24F3NO/c24-23(25,26)19-11-9-17(10-12-19)22(28)18-13-20-7-4-8-21(14-18)27(20)15-16-5-2-1-3-6-16/h1-3,5-6,9-12,18,20-21H,4,7-8,13-15H2. The number of halogens is 3. The van der Waals surface area contributed by atoms with Gasteiger partial charge in [0, 0.05) is 30.1 Å². The van der Waals surface area contributed by atoms with Crippen molar-refractivity contribution in [2.45, 2.75) is 56.9 Å². The molecule has 148 valence electrons. The Labute approximate surface area is 163 Å². The van der Waals surface area contributed by atoms with Crippen LogP contribution in [0.1, 0.15) is 53.6 Å². The summed E-state index contributed by atoms with van der Waals surface area (Å²) in [5, 5.41) is 0. The molecular weight excluding hydrogens is 363 g/mol. The van der Waals surface area contributed by atoms with E-state index in [2.05, 4.69) is 17.0 Å². The number of piperidine rings is 2. The van der Waals surface area contributed by atoms with Gasteiger partial charge in [0.1, 0.15) is 0 Å². The Morgan fingerprint density at radius 3 is 2.11 bits per heavy atom. The fourth-order valence-corrected chi connectivity index (χ4v) is 4.80. The van der Waals surface area contributed by atoms with Crippen LogP contribution in [0.3, 0.4) is 0 Å². The van der Waals surface area contributed by atoms with Crippen LogP contribution in [0.4, 0.5) is 13.2 Å². The van der Waals surface area contributed by atoms with Gasteiger partial charge in [0.2, 0.25) is 0 Å². The zero-order valence-corrected chi connectivity index (χ0v) is 15.7. The Kier molecular flexibility index (Phi) is 5.28. The van der Waals surface area contributed by atoms with E-state index in [1.54, 1.807) is 0 Å². The topological polar surface area (TPSA) is 20.3 Å². The zero-order chi connectivity index (χ0) is 19.7. The fourth-order valence-electron chi connectivity index (χ4n) is 4.80. The summed E-state index contributed by atoms with van der Waals surface area (Å²) in [6, 6.07) is 15.8. The molecule has 0 radical (unpaired) electrons. The summed E-state index contributed by atoms with van der Waals surface area (Å²) in [5.41, 5.74) is 0.970. The minimum absolute atomic E-state index is 0.00927.